The van der Waals surface area contributed by atoms with Crippen LogP contribution in [-0.4, -0.2) is 29.4 Å². The predicted molar refractivity (Wildman–Crippen MR) is 98.6 cm³/mol. The minimum Gasteiger partial charge on any atom is -0.494 e. The number of aromatic nitrogens is 1. The number of esters is 1. The first-order valence-corrected chi connectivity index (χ1v) is 8.32. The highest BCUT2D eigenvalue weighted by atomic mass is 32.1. The van der Waals surface area contributed by atoms with Crippen LogP contribution < -0.4 is 5.56 Å². The lowest BCUT2D eigenvalue weighted by Gasteiger charge is -2.04. The zero-order chi connectivity index (χ0) is 18.1. The van der Waals surface area contributed by atoms with Crippen molar-refractivity contribution in [3.8, 4) is 5.88 Å². The van der Waals surface area contributed by atoms with Crippen LogP contribution in [0.25, 0.3) is 10.8 Å². The molecule has 7 heteroatoms. The molecule has 128 valence electrons. The van der Waals surface area contributed by atoms with E-state index in [1.807, 2.05) is 13.8 Å². The number of hydrogen-bond acceptors (Lipinski definition) is 6. The van der Waals surface area contributed by atoms with E-state index in [9.17, 15) is 14.7 Å². The number of benzene rings is 1. The molecular weight excluding hydrogens is 340 g/mol. The first-order chi connectivity index (χ1) is 11.9. The smallest absolute Gasteiger partial charge is 0.341 e. The second-order valence-corrected chi connectivity index (χ2v) is 6.68. The Labute approximate surface area is 147 Å². The van der Waals surface area contributed by atoms with E-state index in [0.29, 0.717) is 26.9 Å². The molecule has 2 N–H and O–H groups in total. The minimum absolute atomic E-state index is 0.267. The number of ether oxygens (including phenoxy) is 1. The number of hydrogen-bond donors (Lipinski definition) is 2. The Morgan fingerprint density at radius 3 is 2.64 bits per heavy atom. The van der Waals surface area contributed by atoms with Gasteiger partial charge in [0, 0.05) is 21.9 Å². The van der Waals surface area contributed by atoms with Crippen molar-refractivity contribution in [1.29, 1.82) is 0 Å². The number of H-pyrrole nitrogens is 1. The van der Waals surface area contributed by atoms with Gasteiger partial charge in [-0.3, -0.25) is 9.78 Å². The van der Waals surface area contributed by atoms with Gasteiger partial charge in [0.05, 0.1) is 18.2 Å². The van der Waals surface area contributed by atoms with E-state index in [1.54, 1.807) is 24.3 Å². The van der Waals surface area contributed by atoms with Gasteiger partial charge in [0.15, 0.2) is 0 Å². The molecule has 0 unspecified atom stereocenters. The Hall–Kier alpha value is -2.93. The summed E-state index contributed by atoms with van der Waals surface area (Å²) in [6.45, 7) is 3.74. The first kappa shape index (κ1) is 16.9. The van der Waals surface area contributed by atoms with E-state index in [1.165, 1.54) is 24.7 Å². The number of aromatic amines is 1. The first-order valence-electron chi connectivity index (χ1n) is 7.50. The zero-order valence-corrected chi connectivity index (χ0v) is 14.7. The molecular formula is C18H16N2O4S. The molecule has 1 aromatic carbocycles. The lowest BCUT2D eigenvalue weighted by Crippen LogP contribution is -2.07. The van der Waals surface area contributed by atoms with Crippen LogP contribution in [0.1, 0.15) is 26.4 Å². The van der Waals surface area contributed by atoms with Crippen LogP contribution in [0.5, 0.6) is 5.88 Å². The number of thiophene rings is 1. The van der Waals surface area contributed by atoms with E-state index in [0.717, 1.165) is 10.4 Å². The molecule has 25 heavy (non-hydrogen) atoms. The fourth-order valence-corrected chi connectivity index (χ4v) is 3.57. The van der Waals surface area contributed by atoms with Gasteiger partial charge in [-0.25, -0.2) is 9.79 Å². The molecule has 0 aliphatic carbocycles. The van der Waals surface area contributed by atoms with E-state index in [2.05, 4.69) is 9.98 Å². The summed E-state index contributed by atoms with van der Waals surface area (Å²) in [5.74, 6) is -0.721. The van der Waals surface area contributed by atoms with Gasteiger partial charge in [-0.05, 0) is 25.5 Å². The molecule has 6 nitrogen and oxygen atoms in total. The van der Waals surface area contributed by atoms with Crippen LogP contribution in [-0.2, 0) is 4.74 Å². The molecule has 2 heterocycles. The van der Waals surface area contributed by atoms with Crippen LogP contribution in [0.2, 0.25) is 0 Å². The van der Waals surface area contributed by atoms with Crippen LogP contribution >= 0.6 is 11.3 Å². The van der Waals surface area contributed by atoms with E-state index in [4.69, 9.17) is 4.74 Å². The number of carbonyl (C=O) groups excluding carboxylic acids is 1. The largest absolute Gasteiger partial charge is 0.494 e. The molecule has 0 atom stereocenters. The number of methoxy groups -OCH3 is 1. The van der Waals surface area contributed by atoms with Gasteiger partial charge in [0.25, 0.3) is 5.56 Å². The van der Waals surface area contributed by atoms with E-state index in [-0.39, 0.29) is 11.4 Å². The molecule has 0 fully saturated rings. The highest BCUT2D eigenvalue weighted by Crippen LogP contribution is 2.35. The summed E-state index contributed by atoms with van der Waals surface area (Å²) in [6, 6.07) is 6.93. The summed E-state index contributed by atoms with van der Waals surface area (Å²) in [5, 5.41) is 11.6. The van der Waals surface area contributed by atoms with Crippen molar-refractivity contribution >= 4 is 39.3 Å². The minimum atomic E-state index is -0.454. The van der Waals surface area contributed by atoms with E-state index >= 15 is 0 Å². The molecule has 0 saturated heterocycles. The van der Waals surface area contributed by atoms with Crippen molar-refractivity contribution in [3.63, 3.8) is 0 Å². The maximum atomic E-state index is 12.0. The highest BCUT2D eigenvalue weighted by molar-refractivity contribution is 7.16. The summed E-state index contributed by atoms with van der Waals surface area (Å²) in [7, 11) is 1.32. The topological polar surface area (TPSA) is 91.8 Å². The van der Waals surface area contributed by atoms with Gasteiger partial charge in [-0.15, -0.1) is 11.3 Å². The standard InChI is InChI=1S/C18H16N2O4S/c1-9-10(2)25-17(14(9)18(23)24-3)19-8-13-11-6-4-5-7-12(11)15(21)20-16(13)22/h4-8H,1-3H3,(H2,20,21,22). The second kappa shape index (κ2) is 6.52. The van der Waals surface area contributed by atoms with Crippen molar-refractivity contribution < 1.29 is 14.6 Å². The molecule has 0 radical (unpaired) electrons. The maximum Gasteiger partial charge on any atom is 0.341 e. The lowest BCUT2D eigenvalue weighted by atomic mass is 10.1. The molecule has 3 rings (SSSR count). The highest BCUT2D eigenvalue weighted by Gasteiger charge is 2.19. The number of carbonyl (C=O) groups is 1. The monoisotopic (exact) mass is 356 g/mol. The molecule has 0 bridgehead atoms. The SMILES string of the molecule is COC(=O)c1c(N=Cc2c(O)[nH]c(=O)c3ccccc23)sc(C)c1C. The van der Waals surface area contributed by atoms with Crippen molar-refractivity contribution in [3.05, 3.63) is 56.2 Å². The fourth-order valence-electron chi connectivity index (χ4n) is 2.58. The fraction of sp³-hybridized carbons (Fsp3) is 0.167. The molecule has 0 saturated carbocycles. The van der Waals surface area contributed by atoms with Gasteiger partial charge in [0.1, 0.15) is 5.00 Å². The van der Waals surface area contributed by atoms with Gasteiger partial charge < -0.3 is 9.84 Å². The van der Waals surface area contributed by atoms with Crippen molar-refractivity contribution in [2.75, 3.05) is 7.11 Å². The quantitative estimate of drug-likeness (QED) is 0.555. The van der Waals surface area contributed by atoms with Crippen LogP contribution in [0, 0.1) is 13.8 Å². The lowest BCUT2D eigenvalue weighted by molar-refractivity contribution is 0.0601. The Morgan fingerprint density at radius 2 is 1.96 bits per heavy atom. The van der Waals surface area contributed by atoms with E-state index < -0.39 is 5.97 Å². The third kappa shape index (κ3) is 2.94. The van der Waals surface area contributed by atoms with Crippen LogP contribution in [0.3, 0.4) is 0 Å². The zero-order valence-electron chi connectivity index (χ0n) is 13.9. The number of aliphatic imine (C=N–C) groups is 1. The second-order valence-electron chi connectivity index (χ2n) is 5.48. The summed E-state index contributed by atoms with van der Waals surface area (Å²) in [6.07, 6.45) is 1.45. The number of aromatic hydroxyl groups is 1. The maximum absolute atomic E-state index is 12.0. The number of rotatable bonds is 3. The predicted octanol–water partition coefficient (Wildman–Crippen LogP) is 3.45. The third-order valence-electron chi connectivity index (χ3n) is 4.02. The average Bonchev–Trinajstić information content (AvgIpc) is 2.88. The molecule has 0 aliphatic rings. The Morgan fingerprint density at radius 1 is 1.28 bits per heavy atom. The number of pyridine rings is 1. The number of fused-ring (bicyclic) bond motifs is 1. The summed E-state index contributed by atoms with van der Waals surface area (Å²) in [5.41, 5.74) is 1.24. The van der Waals surface area contributed by atoms with Gasteiger partial charge in [0.2, 0.25) is 5.88 Å². The molecule has 0 spiro atoms. The summed E-state index contributed by atoms with van der Waals surface area (Å²) in [4.78, 5) is 31.7. The molecule has 0 aliphatic heterocycles. The number of nitrogens with zero attached hydrogens (tertiary/aromatic N) is 1. The normalized spacial score (nSPS) is 11.3. The molecule has 2 aromatic heterocycles. The van der Waals surface area contributed by atoms with Crippen LogP contribution in [0.15, 0.2) is 34.1 Å². The van der Waals surface area contributed by atoms with Gasteiger partial charge in [-0.2, -0.15) is 0 Å². The van der Waals surface area contributed by atoms with Crippen LogP contribution in [0.4, 0.5) is 5.00 Å². The Kier molecular flexibility index (Phi) is 4.41. The van der Waals surface area contributed by atoms with Gasteiger partial charge in [-0.1, -0.05) is 18.2 Å². The Bertz CT molecular complexity index is 1060. The average molecular weight is 356 g/mol. The van der Waals surface area contributed by atoms with Crippen molar-refractivity contribution in [2.24, 2.45) is 4.99 Å². The number of nitrogens with one attached hydrogen (secondary N) is 1. The number of aryl methyl sites for hydroxylation is 1. The molecule has 3 aromatic rings. The Balaban J connectivity index is 2.16. The third-order valence-corrected chi connectivity index (χ3v) is 5.13. The summed E-state index contributed by atoms with van der Waals surface area (Å²) < 4.78 is 4.83. The van der Waals surface area contributed by atoms with Gasteiger partial charge >= 0.3 is 5.97 Å². The molecule has 0 amide bonds. The summed E-state index contributed by atoms with van der Waals surface area (Å²) >= 11 is 1.37. The van der Waals surface area contributed by atoms with Crippen molar-refractivity contribution in [2.45, 2.75) is 13.8 Å². The van der Waals surface area contributed by atoms with Crippen molar-refractivity contribution in [1.82, 2.24) is 4.98 Å².